The molecule has 2 aromatic rings. The lowest BCUT2D eigenvalue weighted by atomic mass is 9.99. The summed E-state index contributed by atoms with van der Waals surface area (Å²) in [6.45, 7) is 1.21. The summed E-state index contributed by atoms with van der Waals surface area (Å²) in [5.74, 6) is -1.47. The summed E-state index contributed by atoms with van der Waals surface area (Å²) in [5, 5.41) is 8.46. The number of hydrogen-bond donors (Lipinski definition) is 3. The maximum atomic E-state index is 14.7. The third kappa shape index (κ3) is 3.97. The van der Waals surface area contributed by atoms with Gasteiger partial charge in [0, 0.05) is 19.4 Å². The van der Waals surface area contributed by atoms with Gasteiger partial charge in [-0.1, -0.05) is 18.2 Å². The number of para-hydroxylation sites is 2. The van der Waals surface area contributed by atoms with Gasteiger partial charge >= 0.3 is 0 Å². The lowest BCUT2D eigenvalue weighted by Crippen LogP contribution is -2.42. The maximum absolute atomic E-state index is 14.7. The number of hydrogen-bond acceptors (Lipinski definition) is 4. The standard InChI is InChI=1S/C21H21FN4O3/c22-21-14-9-10-23-11-13(14)5-6-16(21)25-18(27)7-8-20(29)26-12-19(28)24-15-3-1-2-4-17(15)26/h1-6,23H,7-12H2,(H,24,28)(H,25,27). The minimum atomic E-state index is -0.444. The van der Waals surface area contributed by atoms with Crippen molar-refractivity contribution in [2.24, 2.45) is 0 Å². The molecular formula is C21H21FN4O3. The van der Waals surface area contributed by atoms with Gasteiger partial charge in [-0.15, -0.1) is 0 Å². The molecule has 2 aromatic carbocycles. The Hall–Kier alpha value is -3.26. The zero-order valence-corrected chi connectivity index (χ0v) is 15.8. The summed E-state index contributed by atoms with van der Waals surface area (Å²) < 4.78 is 14.7. The van der Waals surface area contributed by atoms with Crippen LogP contribution >= 0.6 is 0 Å². The van der Waals surface area contributed by atoms with Gasteiger partial charge in [0.05, 0.1) is 17.1 Å². The van der Waals surface area contributed by atoms with Gasteiger partial charge in [0.15, 0.2) is 0 Å². The van der Waals surface area contributed by atoms with Crippen molar-refractivity contribution in [2.75, 3.05) is 28.6 Å². The average molecular weight is 396 g/mol. The van der Waals surface area contributed by atoms with Crippen LogP contribution < -0.4 is 20.9 Å². The molecule has 0 unspecified atom stereocenters. The van der Waals surface area contributed by atoms with E-state index in [0.29, 0.717) is 36.4 Å². The fraction of sp³-hybridized carbons (Fsp3) is 0.286. The number of carbonyl (C=O) groups is 3. The highest BCUT2D eigenvalue weighted by molar-refractivity contribution is 6.10. The van der Waals surface area contributed by atoms with E-state index in [2.05, 4.69) is 16.0 Å². The summed E-state index contributed by atoms with van der Waals surface area (Å²) in [5.41, 5.74) is 2.81. The van der Waals surface area contributed by atoms with Crippen molar-refractivity contribution >= 4 is 34.8 Å². The second-order valence-corrected chi connectivity index (χ2v) is 7.08. The zero-order valence-electron chi connectivity index (χ0n) is 15.8. The van der Waals surface area contributed by atoms with E-state index in [1.54, 1.807) is 36.4 Å². The maximum Gasteiger partial charge on any atom is 0.244 e. The van der Waals surface area contributed by atoms with Crippen molar-refractivity contribution < 1.29 is 18.8 Å². The smallest absolute Gasteiger partial charge is 0.244 e. The molecule has 4 rings (SSSR count). The topological polar surface area (TPSA) is 90.5 Å². The van der Waals surface area contributed by atoms with Gasteiger partial charge in [0.2, 0.25) is 17.7 Å². The third-order valence-electron chi connectivity index (χ3n) is 5.12. The molecule has 2 aliphatic heterocycles. The quantitative estimate of drug-likeness (QED) is 0.739. The Morgan fingerprint density at radius 2 is 1.97 bits per heavy atom. The van der Waals surface area contributed by atoms with Crippen LogP contribution in [0, 0.1) is 5.82 Å². The fourth-order valence-corrected chi connectivity index (χ4v) is 3.65. The van der Waals surface area contributed by atoms with E-state index >= 15 is 0 Å². The van der Waals surface area contributed by atoms with Crippen LogP contribution in [0.4, 0.5) is 21.5 Å². The van der Waals surface area contributed by atoms with Crippen LogP contribution in [0.15, 0.2) is 36.4 Å². The molecule has 0 aliphatic carbocycles. The normalized spacial score (nSPS) is 15.2. The van der Waals surface area contributed by atoms with E-state index in [1.807, 2.05) is 0 Å². The molecular weight excluding hydrogens is 375 g/mol. The molecule has 0 saturated heterocycles. The van der Waals surface area contributed by atoms with E-state index < -0.39 is 11.7 Å². The van der Waals surface area contributed by atoms with Gasteiger partial charge < -0.3 is 20.9 Å². The molecule has 7 nitrogen and oxygen atoms in total. The van der Waals surface area contributed by atoms with E-state index in [0.717, 1.165) is 5.56 Å². The first-order valence-corrected chi connectivity index (χ1v) is 9.53. The minimum absolute atomic E-state index is 0.0794. The molecule has 0 radical (unpaired) electrons. The van der Waals surface area contributed by atoms with E-state index in [4.69, 9.17) is 0 Å². The fourth-order valence-electron chi connectivity index (χ4n) is 3.65. The van der Waals surface area contributed by atoms with Crippen LogP contribution in [0.25, 0.3) is 0 Å². The zero-order chi connectivity index (χ0) is 20.4. The Balaban J connectivity index is 1.39. The van der Waals surface area contributed by atoms with Crippen LogP contribution in [-0.2, 0) is 27.3 Å². The predicted molar refractivity (Wildman–Crippen MR) is 107 cm³/mol. The average Bonchev–Trinajstić information content (AvgIpc) is 2.73. The summed E-state index contributed by atoms with van der Waals surface area (Å²) in [7, 11) is 0. The first-order valence-electron chi connectivity index (χ1n) is 9.53. The molecule has 0 atom stereocenters. The van der Waals surface area contributed by atoms with Crippen LogP contribution in [0.3, 0.4) is 0 Å². The number of amides is 3. The number of halogens is 1. The molecule has 2 heterocycles. The van der Waals surface area contributed by atoms with Crippen molar-refractivity contribution in [1.82, 2.24) is 5.32 Å². The van der Waals surface area contributed by atoms with Gasteiger partial charge in [-0.3, -0.25) is 14.4 Å². The van der Waals surface area contributed by atoms with Gasteiger partial charge in [0.1, 0.15) is 12.4 Å². The SMILES string of the molecule is O=C1CN(C(=O)CCC(=O)Nc2ccc3c(c2F)CCNC3)c2ccccc2N1. The number of nitrogens with zero attached hydrogens (tertiary/aromatic N) is 1. The van der Waals surface area contributed by atoms with Gasteiger partial charge in [-0.25, -0.2) is 4.39 Å². The third-order valence-corrected chi connectivity index (χ3v) is 5.12. The molecule has 29 heavy (non-hydrogen) atoms. The number of nitrogens with one attached hydrogen (secondary N) is 3. The Kier molecular flexibility index (Phi) is 5.26. The molecule has 0 fully saturated rings. The van der Waals surface area contributed by atoms with Crippen molar-refractivity contribution in [1.29, 1.82) is 0 Å². The second-order valence-electron chi connectivity index (χ2n) is 7.08. The van der Waals surface area contributed by atoms with Crippen LogP contribution in [-0.4, -0.2) is 30.8 Å². The summed E-state index contributed by atoms with van der Waals surface area (Å²) >= 11 is 0. The van der Waals surface area contributed by atoms with Crippen LogP contribution in [0.5, 0.6) is 0 Å². The number of carbonyl (C=O) groups excluding carboxylic acids is 3. The molecule has 0 spiro atoms. The highest BCUT2D eigenvalue weighted by atomic mass is 19.1. The van der Waals surface area contributed by atoms with E-state index in [9.17, 15) is 18.8 Å². The molecule has 2 aliphatic rings. The number of benzene rings is 2. The highest BCUT2D eigenvalue weighted by Crippen LogP contribution is 2.29. The van der Waals surface area contributed by atoms with E-state index in [-0.39, 0.29) is 36.9 Å². The molecule has 0 bridgehead atoms. The first kappa shape index (κ1) is 19.1. The van der Waals surface area contributed by atoms with Crippen molar-refractivity contribution in [3.8, 4) is 0 Å². The molecule has 150 valence electrons. The molecule has 3 N–H and O–H groups in total. The highest BCUT2D eigenvalue weighted by Gasteiger charge is 2.27. The van der Waals surface area contributed by atoms with E-state index in [1.165, 1.54) is 4.90 Å². The number of rotatable bonds is 4. The lowest BCUT2D eigenvalue weighted by Gasteiger charge is -2.29. The number of anilines is 3. The van der Waals surface area contributed by atoms with Gasteiger partial charge in [-0.2, -0.15) is 0 Å². The van der Waals surface area contributed by atoms with Crippen LogP contribution in [0.2, 0.25) is 0 Å². The monoisotopic (exact) mass is 396 g/mol. The Bertz CT molecular complexity index is 992. The summed E-state index contributed by atoms with van der Waals surface area (Å²) in [6.07, 6.45) is 0.390. The minimum Gasteiger partial charge on any atom is -0.324 e. The van der Waals surface area contributed by atoms with Gasteiger partial charge in [-0.05, 0) is 42.3 Å². The molecule has 3 amide bonds. The van der Waals surface area contributed by atoms with Crippen LogP contribution in [0.1, 0.15) is 24.0 Å². The first-order chi connectivity index (χ1) is 14.0. The number of fused-ring (bicyclic) bond motifs is 2. The largest absolute Gasteiger partial charge is 0.324 e. The summed E-state index contributed by atoms with van der Waals surface area (Å²) in [6, 6.07) is 10.3. The van der Waals surface area contributed by atoms with Gasteiger partial charge in [0.25, 0.3) is 0 Å². The molecule has 8 heteroatoms. The Morgan fingerprint density at radius 3 is 2.83 bits per heavy atom. The second kappa shape index (κ2) is 8.00. The Morgan fingerprint density at radius 1 is 1.14 bits per heavy atom. The molecule has 0 saturated carbocycles. The van der Waals surface area contributed by atoms with Crippen molar-refractivity contribution in [3.63, 3.8) is 0 Å². The molecule has 0 aromatic heterocycles. The Labute approximate surface area is 167 Å². The van der Waals surface area contributed by atoms with Crippen molar-refractivity contribution in [3.05, 3.63) is 53.3 Å². The predicted octanol–water partition coefficient (Wildman–Crippen LogP) is 2.18. The summed E-state index contributed by atoms with van der Waals surface area (Å²) in [4.78, 5) is 38.1. The lowest BCUT2D eigenvalue weighted by molar-refractivity contribution is -0.124. The van der Waals surface area contributed by atoms with Crippen molar-refractivity contribution in [2.45, 2.75) is 25.8 Å².